The van der Waals surface area contributed by atoms with Crippen LogP contribution in [-0.4, -0.2) is 54.0 Å². The van der Waals surface area contributed by atoms with Gasteiger partial charge in [-0.1, -0.05) is 0 Å². The van der Waals surface area contributed by atoms with Gasteiger partial charge in [-0.2, -0.15) is 28.1 Å². The molecule has 0 bridgehead atoms. The molecule has 1 aliphatic heterocycles. The number of nitrogens with two attached hydrogens (primary N) is 1. The molecule has 118 valence electrons. The molecule has 1 aliphatic rings. The van der Waals surface area contributed by atoms with E-state index in [2.05, 4.69) is 20.4 Å². The van der Waals surface area contributed by atoms with E-state index in [1.165, 1.54) is 0 Å². The SMILES string of the molecule is NNc1nc(OCCC(F)(F)F)nc(N2CCOCC2)n1. The minimum absolute atomic E-state index is 0.0218. The number of nitrogen functional groups attached to an aromatic ring is 1. The Morgan fingerprint density at radius 1 is 1.24 bits per heavy atom. The second-order valence-electron chi connectivity index (χ2n) is 4.20. The van der Waals surface area contributed by atoms with E-state index >= 15 is 0 Å². The monoisotopic (exact) mass is 308 g/mol. The van der Waals surface area contributed by atoms with E-state index in [4.69, 9.17) is 15.3 Å². The molecule has 0 amide bonds. The summed E-state index contributed by atoms with van der Waals surface area (Å²) in [5, 5.41) is 0. The molecular formula is C10H15F3N6O2. The Morgan fingerprint density at radius 3 is 2.57 bits per heavy atom. The molecule has 0 spiro atoms. The fourth-order valence-corrected chi connectivity index (χ4v) is 1.64. The zero-order valence-corrected chi connectivity index (χ0v) is 11.1. The van der Waals surface area contributed by atoms with Crippen LogP contribution in [0.1, 0.15) is 6.42 Å². The molecule has 2 heterocycles. The van der Waals surface area contributed by atoms with Crippen LogP contribution in [0.3, 0.4) is 0 Å². The van der Waals surface area contributed by atoms with Gasteiger partial charge < -0.3 is 14.4 Å². The third-order valence-electron chi connectivity index (χ3n) is 2.64. The Hall–Kier alpha value is -1.88. The van der Waals surface area contributed by atoms with Gasteiger partial charge in [-0.05, 0) is 0 Å². The van der Waals surface area contributed by atoms with Crippen molar-refractivity contribution in [1.29, 1.82) is 0 Å². The van der Waals surface area contributed by atoms with Gasteiger partial charge in [0.25, 0.3) is 0 Å². The molecule has 21 heavy (non-hydrogen) atoms. The van der Waals surface area contributed by atoms with Gasteiger partial charge in [-0.3, -0.25) is 5.43 Å². The van der Waals surface area contributed by atoms with E-state index in [-0.39, 0.29) is 17.9 Å². The highest BCUT2D eigenvalue weighted by molar-refractivity contribution is 5.37. The molecule has 3 N–H and O–H groups in total. The van der Waals surface area contributed by atoms with Gasteiger partial charge in [0.1, 0.15) is 6.61 Å². The molecule has 0 radical (unpaired) electrons. The Morgan fingerprint density at radius 2 is 1.95 bits per heavy atom. The number of nitrogens with one attached hydrogen (secondary N) is 1. The zero-order chi connectivity index (χ0) is 15.3. The topological polar surface area (TPSA) is 98.4 Å². The minimum atomic E-state index is -4.30. The van der Waals surface area contributed by atoms with Crippen molar-refractivity contribution in [2.75, 3.05) is 43.2 Å². The van der Waals surface area contributed by atoms with Gasteiger partial charge in [-0.15, -0.1) is 0 Å². The van der Waals surface area contributed by atoms with E-state index in [0.717, 1.165) is 0 Å². The van der Waals surface area contributed by atoms with Crippen LogP contribution in [0.2, 0.25) is 0 Å². The average molecular weight is 308 g/mol. The molecule has 2 rings (SSSR count). The van der Waals surface area contributed by atoms with Gasteiger partial charge in [0.15, 0.2) is 0 Å². The summed E-state index contributed by atoms with van der Waals surface area (Å²) in [5.41, 5.74) is 2.23. The standard InChI is InChI=1S/C10H15F3N6O2/c11-10(12,13)1-4-21-9-16-7(18-14)15-8(17-9)19-2-5-20-6-3-19/h1-6,14H2,(H,15,16,17,18). The molecule has 0 aliphatic carbocycles. The molecule has 1 saturated heterocycles. The highest BCUT2D eigenvalue weighted by atomic mass is 19.4. The fraction of sp³-hybridized carbons (Fsp3) is 0.700. The van der Waals surface area contributed by atoms with Crippen molar-refractivity contribution >= 4 is 11.9 Å². The Balaban J connectivity index is 2.06. The fourth-order valence-electron chi connectivity index (χ4n) is 1.64. The maximum absolute atomic E-state index is 12.1. The summed E-state index contributed by atoms with van der Waals surface area (Å²) in [6.07, 6.45) is -5.38. The first-order valence-electron chi connectivity index (χ1n) is 6.23. The van der Waals surface area contributed by atoms with Gasteiger partial charge in [0, 0.05) is 13.1 Å². The molecule has 1 fully saturated rings. The second kappa shape index (κ2) is 6.72. The van der Waals surface area contributed by atoms with Gasteiger partial charge in [-0.25, -0.2) is 5.84 Å². The van der Waals surface area contributed by atoms with Crippen molar-refractivity contribution in [2.24, 2.45) is 5.84 Å². The molecular weight excluding hydrogens is 293 g/mol. The lowest BCUT2D eigenvalue weighted by atomic mass is 10.4. The van der Waals surface area contributed by atoms with E-state index in [1.54, 1.807) is 0 Å². The van der Waals surface area contributed by atoms with Crippen LogP contribution in [0.25, 0.3) is 0 Å². The number of hydrogen-bond acceptors (Lipinski definition) is 8. The van der Waals surface area contributed by atoms with Crippen molar-refractivity contribution < 1.29 is 22.6 Å². The van der Waals surface area contributed by atoms with E-state index in [1.807, 2.05) is 4.90 Å². The molecule has 0 saturated carbocycles. The summed E-state index contributed by atoms with van der Waals surface area (Å²) in [6.45, 7) is 1.59. The number of nitrogens with zero attached hydrogens (tertiary/aromatic N) is 4. The minimum Gasteiger partial charge on any atom is -0.463 e. The van der Waals surface area contributed by atoms with Crippen LogP contribution in [-0.2, 0) is 4.74 Å². The normalized spacial score (nSPS) is 15.9. The number of anilines is 2. The molecule has 8 nitrogen and oxygen atoms in total. The second-order valence-corrected chi connectivity index (χ2v) is 4.20. The summed E-state index contributed by atoms with van der Waals surface area (Å²) < 4.78 is 46.4. The maximum Gasteiger partial charge on any atom is 0.392 e. The smallest absolute Gasteiger partial charge is 0.392 e. The predicted octanol–water partition coefficient (Wildman–Crippen LogP) is 0.325. The number of hydrogen-bond donors (Lipinski definition) is 2. The number of halogens is 3. The number of morpholine rings is 1. The molecule has 1 aromatic heterocycles. The summed E-state index contributed by atoms with van der Waals surface area (Å²) in [4.78, 5) is 13.6. The zero-order valence-electron chi connectivity index (χ0n) is 11.1. The molecule has 11 heteroatoms. The van der Waals surface area contributed by atoms with Crippen LogP contribution in [0, 0.1) is 0 Å². The van der Waals surface area contributed by atoms with Gasteiger partial charge in [0.05, 0.1) is 19.6 Å². The largest absolute Gasteiger partial charge is 0.463 e. The van der Waals surface area contributed by atoms with Crippen LogP contribution in [0.4, 0.5) is 25.1 Å². The summed E-state index contributed by atoms with van der Waals surface area (Å²) in [6, 6.07) is -0.205. The lowest BCUT2D eigenvalue weighted by molar-refractivity contribution is -0.139. The lowest BCUT2D eigenvalue weighted by Gasteiger charge is -2.26. The highest BCUT2D eigenvalue weighted by Gasteiger charge is 2.27. The van der Waals surface area contributed by atoms with E-state index in [0.29, 0.717) is 26.3 Å². The first-order valence-corrected chi connectivity index (χ1v) is 6.23. The number of aromatic nitrogens is 3. The summed E-state index contributed by atoms with van der Waals surface area (Å²) in [7, 11) is 0. The predicted molar refractivity (Wildman–Crippen MR) is 66.8 cm³/mol. The highest BCUT2D eigenvalue weighted by Crippen LogP contribution is 2.20. The van der Waals surface area contributed by atoms with E-state index < -0.39 is 19.2 Å². The van der Waals surface area contributed by atoms with E-state index in [9.17, 15) is 13.2 Å². The van der Waals surface area contributed by atoms with Crippen LogP contribution >= 0.6 is 0 Å². The van der Waals surface area contributed by atoms with Crippen molar-refractivity contribution in [3.05, 3.63) is 0 Å². The van der Waals surface area contributed by atoms with Gasteiger partial charge >= 0.3 is 12.2 Å². The molecule has 0 aromatic carbocycles. The number of ether oxygens (including phenoxy) is 2. The van der Waals surface area contributed by atoms with Crippen LogP contribution in [0.5, 0.6) is 6.01 Å². The van der Waals surface area contributed by atoms with Gasteiger partial charge in [0.2, 0.25) is 11.9 Å². The third kappa shape index (κ3) is 4.86. The average Bonchev–Trinajstić information content (AvgIpc) is 2.46. The Bertz CT molecular complexity index is 467. The quantitative estimate of drug-likeness (QED) is 0.593. The maximum atomic E-state index is 12.1. The first kappa shape index (κ1) is 15.5. The number of rotatable bonds is 5. The Kier molecular flexibility index (Phi) is 4.96. The van der Waals surface area contributed by atoms with Crippen LogP contribution in [0.15, 0.2) is 0 Å². The Labute approximate surface area is 118 Å². The summed E-state index contributed by atoms with van der Waals surface area (Å²) >= 11 is 0. The third-order valence-corrected chi connectivity index (χ3v) is 2.64. The van der Waals surface area contributed by atoms with Crippen molar-refractivity contribution in [3.63, 3.8) is 0 Å². The lowest BCUT2D eigenvalue weighted by Crippen LogP contribution is -2.37. The molecule has 0 unspecified atom stereocenters. The van der Waals surface area contributed by atoms with Crippen molar-refractivity contribution in [1.82, 2.24) is 15.0 Å². The molecule has 1 aromatic rings. The van der Waals surface area contributed by atoms with Crippen LogP contribution < -0.4 is 20.9 Å². The first-order chi connectivity index (χ1) is 9.98. The number of hydrazine groups is 1. The number of alkyl halides is 3. The van der Waals surface area contributed by atoms with Crippen molar-refractivity contribution in [3.8, 4) is 6.01 Å². The molecule has 0 atom stereocenters. The van der Waals surface area contributed by atoms with Crippen molar-refractivity contribution in [2.45, 2.75) is 12.6 Å². The summed E-state index contributed by atoms with van der Waals surface area (Å²) in [5.74, 6) is 5.54.